The minimum absolute atomic E-state index is 0.112. The fourth-order valence-electron chi connectivity index (χ4n) is 6.11. The van der Waals surface area contributed by atoms with E-state index in [-0.39, 0.29) is 18.4 Å². The number of rotatable bonds is 10. The summed E-state index contributed by atoms with van der Waals surface area (Å²) in [6, 6.07) is 32.2. The molecule has 3 N–H and O–H groups in total. The molecular weight excluding hydrogens is 584 g/mol. The molecule has 1 aliphatic rings. The Kier molecular flexibility index (Phi) is 8.83. The number of carboxylic acids is 1. The second-order valence-electron chi connectivity index (χ2n) is 11.7. The number of amides is 1. The van der Waals surface area contributed by atoms with Crippen LogP contribution in [-0.2, 0) is 22.6 Å². The number of hydrogen-bond acceptors (Lipinski definition) is 4. The van der Waals surface area contributed by atoms with E-state index >= 15 is 0 Å². The van der Waals surface area contributed by atoms with Crippen molar-refractivity contribution in [2.24, 2.45) is 4.99 Å². The molecule has 45 heavy (non-hydrogen) atoms. The molecule has 2 atom stereocenters. The third-order valence-corrected chi connectivity index (χ3v) is 8.88. The molecular formula is C37H35ClN4O3. The molecule has 228 valence electrons. The fraction of sp³-hybridized carbons (Fsp3) is 0.216. The van der Waals surface area contributed by atoms with Gasteiger partial charge in [-0.05, 0) is 55.6 Å². The molecule has 0 radical (unpaired) electrons. The number of likely N-dealkylation sites (tertiary alicyclic amines) is 1. The van der Waals surface area contributed by atoms with Gasteiger partial charge in [-0.3, -0.25) is 14.7 Å². The Balaban J connectivity index is 1.35. The van der Waals surface area contributed by atoms with E-state index in [0.29, 0.717) is 28.5 Å². The molecule has 0 aliphatic carbocycles. The van der Waals surface area contributed by atoms with Crippen LogP contribution in [0.5, 0.6) is 0 Å². The van der Waals surface area contributed by atoms with Gasteiger partial charge in [0.25, 0.3) is 0 Å². The fourth-order valence-corrected chi connectivity index (χ4v) is 6.30. The van der Waals surface area contributed by atoms with Crippen LogP contribution in [0.1, 0.15) is 42.0 Å². The SMILES string of the molecule is C[C@@](Cc1c[nH]c2ccccc12)(N=C(c1ccccc1)c1ccccc1NC(=O)C1CCCN1Cc1ccccc1Cl)C(=O)O. The van der Waals surface area contributed by atoms with Crippen LogP contribution in [0, 0.1) is 0 Å². The van der Waals surface area contributed by atoms with Crippen molar-refractivity contribution in [3.8, 4) is 0 Å². The first-order valence-electron chi connectivity index (χ1n) is 15.1. The summed E-state index contributed by atoms with van der Waals surface area (Å²) in [7, 11) is 0. The first-order valence-corrected chi connectivity index (χ1v) is 15.5. The number of aromatic nitrogens is 1. The highest BCUT2D eigenvalue weighted by Crippen LogP contribution is 2.30. The van der Waals surface area contributed by atoms with Crippen LogP contribution in [0.3, 0.4) is 0 Å². The largest absolute Gasteiger partial charge is 0.479 e. The Morgan fingerprint density at radius 2 is 1.67 bits per heavy atom. The number of nitrogens with zero attached hydrogens (tertiary/aromatic N) is 2. The number of nitrogens with one attached hydrogen (secondary N) is 2. The standard InChI is InChI=1S/C37H35ClN4O3/c1-37(36(44)45,22-27-23-39-31-18-9-6-15-28(27)31)41-34(25-12-3-2-4-13-25)29-16-7-10-19-32(29)40-35(43)33-20-11-21-42(33)24-26-14-5-8-17-30(26)38/h2-10,12-19,23,33,39H,11,20-22,24H2,1H3,(H,40,43)(H,44,45)/t33?,37-/m0/s1. The lowest BCUT2D eigenvalue weighted by atomic mass is 9.91. The van der Waals surface area contributed by atoms with Gasteiger partial charge in [0.15, 0.2) is 5.54 Å². The second-order valence-corrected chi connectivity index (χ2v) is 12.1. The van der Waals surface area contributed by atoms with Crippen LogP contribution in [-0.4, -0.2) is 50.7 Å². The topological polar surface area (TPSA) is 97.8 Å². The first kappa shape index (κ1) is 30.3. The van der Waals surface area contributed by atoms with Gasteiger partial charge in [-0.15, -0.1) is 0 Å². The zero-order valence-corrected chi connectivity index (χ0v) is 25.8. The quantitative estimate of drug-likeness (QED) is 0.143. The van der Waals surface area contributed by atoms with Gasteiger partial charge in [-0.1, -0.05) is 96.5 Å². The molecule has 7 nitrogen and oxygen atoms in total. The number of fused-ring (bicyclic) bond motifs is 1. The minimum atomic E-state index is -1.50. The van der Waals surface area contributed by atoms with Crippen LogP contribution in [0.25, 0.3) is 10.9 Å². The van der Waals surface area contributed by atoms with Gasteiger partial charge < -0.3 is 15.4 Å². The number of para-hydroxylation sites is 2. The lowest BCUT2D eigenvalue weighted by molar-refractivity contribution is -0.142. The predicted octanol–water partition coefficient (Wildman–Crippen LogP) is 7.35. The van der Waals surface area contributed by atoms with Crippen molar-refractivity contribution in [1.82, 2.24) is 9.88 Å². The van der Waals surface area contributed by atoms with Crippen LogP contribution < -0.4 is 5.32 Å². The maximum Gasteiger partial charge on any atom is 0.331 e. The Labute approximate surface area is 267 Å². The Morgan fingerprint density at radius 3 is 2.47 bits per heavy atom. The van der Waals surface area contributed by atoms with E-state index in [1.807, 2.05) is 109 Å². The van der Waals surface area contributed by atoms with Crippen molar-refractivity contribution >= 4 is 45.8 Å². The molecule has 8 heteroatoms. The van der Waals surface area contributed by atoms with Gasteiger partial charge >= 0.3 is 5.97 Å². The number of benzene rings is 4. The number of aliphatic carboxylic acids is 1. The van der Waals surface area contributed by atoms with Crippen LogP contribution in [0.15, 0.2) is 114 Å². The number of halogens is 1. The van der Waals surface area contributed by atoms with E-state index in [0.717, 1.165) is 47.0 Å². The zero-order valence-electron chi connectivity index (χ0n) is 25.0. The van der Waals surface area contributed by atoms with Crippen LogP contribution in [0.4, 0.5) is 5.69 Å². The summed E-state index contributed by atoms with van der Waals surface area (Å²) < 4.78 is 0. The van der Waals surface area contributed by atoms with Gasteiger partial charge in [0.2, 0.25) is 5.91 Å². The summed E-state index contributed by atoms with van der Waals surface area (Å²) in [6.45, 7) is 3.03. The van der Waals surface area contributed by atoms with E-state index in [1.165, 1.54) is 0 Å². The molecule has 6 rings (SSSR count). The van der Waals surface area contributed by atoms with Gasteiger partial charge in [-0.2, -0.15) is 0 Å². The average molecular weight is 619 g/mol. The number of aromatic amines is 1. The molecule has 0 saturated carbocycles. The van der Waals surface area contributed by atoms with E-state index in [2.05, 4.69) is 15.2 Å². The van der Waals surface area contributed by atoms with Gasteiger partial charge in [0.05, 0.1) is 17.4 Å². The lowest BCUT2D eigenvalue weighted by Gasteiger charge is -2.26. The average Bonchev–Trinajstić information content (AvgIpc) is 3.69. The van der Waals surface area contributed by atoms with E-state index in [9.17, 15) is 14.7 Å². The Bertz CT molecular complexity index is 1870. The summed E-state index contributed by atoms with van der Waals surface area (Å²) in [5.41, 5.74) is 3.78. The lowest BCUT2D eigenvalue weighted by Crippen LogP contribution is -2.39. The zero-order chi connectivity index (χ0) is 31.4. The maximum absolute atomic E-state index is 13.8. The molecule has 4 aromatic carbocycles. The molecule has 1 aliphatic heterocycles. The Hall–Kier alpha value is -4.72. The molecule has 0 spiro atoms. The third kappa shape index (κ3) is 6.55. The van der Waals surface area contributed by atoms with Crippen molar-refractivity contribution < 1.29 is 14.7 Å². The maximum atomic E-state index is 13.8. The minimum Gasteiger partial charge on any atom is -0.479 e. The van der Waals surface area contributed by atoms with E-state index in [4.69, 9.17) is 16.6 Å². The van der Waals surface area contributed by atoms with E-state index < -0.39 is 11.5 Å². The summed E-state index contributed by atoms with van der Waals surface area (Å²) in [6.07, 6.45) is 3.68. The molecule has 0 bridgehead atoms. The number of aliphatic imine (C=N–C) groups is 1. The van der Waals surface area contributed by atoms with Crippen molar-refractivity contribution in [1.29, 1.82) is 0 Å². The van der Waals surface area contributed by atoms with E-state index in [1.54, 1.807) is 6.92 Å². The molecule has 1 fully saturated rings. The number of carbonyl (C=O) groups excluding carboxylic acids is 1. The normalized spacial score (nSPS) is 16.8. The first-order chi connectivity index (χ1) is 21.8. The molecule has 5 aromatic rings. The highest BCUT2D eigenvalue weighted by molar-refractivity contribution is 6.31. The summed E-state index contributed by atoms with van der Waals surface area (Å²) in [5.74, 6) is -1.15. The van der Waals surface area contributed by atoms with Gasteiger partial charge in [0.1, 0.15) is 0 Å². The van der Waals surface area contributed by atoms with Crippen molar-refractivity contribution in [3.63, 3.8) is 0 Å². The summed E-state index contributed by atoms with van der Waals surface area (Å²) >= 11 is 6.44. The number of anilines is 1. The van der Waals surface area contributed by atoms with Gasteiger partial charge in [0, 0.05) is 46.2 Å². The molecule has 1 amide bonds. The molecule has 2 heterocycles. The van der Waals surface area contributed by atoms with Crippen LogP contribution in [0.2, 0.25) is 5.02 Å². The Morgan fingerprint density at radius 1 is 0.956 bits per heavy atom. The highest BCUT2D eigenvalue weighted by atomic mass is 35.5. The van der Waals surface area contributed by atoms with Crippen molar-refractivity contribution in [3.05, 3.63) is 137 Å². The number of carboxylic acid groups (broad SMARTS) is 1. The van der Waals surface area contributed by atoms with Crippen molar-refractivity contribution in [2.75, 3.05) is 11.9 Å². The predicted molar refractivity (Wildman–Crippen MR) is 180 cm³/mol. The van der Waals surface area contributed by atoms with Crippen LogP contribution >= 0.6 is 11.6 Å². The molecule has 1 saturated heterocycles. The summed E-state index contributed by atoms with van der Waals surface area (Å²) in [5, 5.41) is 15.4. The molecule has 1 unspecified atom stereocenters. The number of hydrogen-bond donors (Lipinski definition) is 3. The van der Waals surface area contributed by atoms with Gasteiger partial charge in [-0.25, -0.2) is 4.79 Å². The number of H-pyrrole nitrogens is 1. The highest BCUT2D eigenvalue weighted by Gasteiger charge is 2.36. The number of carbonyl (C=O) groups is 2. The smallest absolute Gasteiger partial charge is 0.331 e. The van der Waals surface area contributed by atoms with Crippen molar-refractivity contribution in [2.45, 2.75) is 44.3 Å². The second kappa shape index (κ2) is 13.1. The summed E-state index contributed by atoms with van der Waals surface area (Å²) in [4.78, 5) is 37.2. The third-order valence-electron chi connectivity index (χ3n) is 8.51. The monoisotopic (exact) mass is 618 g/mol. The molecule has 1 aromatic heterocycles.